The lowest BCUT2D eigenvalue weighted by molar-refractivity contribution is -0.119. The fraction of sp³-hybridized carbons (Fsp3) is 0.316. The Hall–Kier alpha value is -3.47. The van der Waals surface area contributed by atoms with Crippen LogP contribution in [0.5, 0.6) is 11.6 Å². The van der Waals surface area contributed by atoms with Crippen LogP contribution in [-0.2, 0) is 10.2 Å². The van der Waals surface area contributed by atoms with Gasteiger partial charge in [0.2, 0.25) is 11.8 Å². The van der Waals surface area contributed by atoms with Gasteiger partial charge in [-0.1, -0.05) is 32.9 Å². The van der Waals surface area contributed by atoms with Crippen LogP contribution in [0.1, 0.15) is 43.5 Å². The number of rotatable bonds is 4. The predicted octanol–water partition coefficient (Wildman–Crippen LogP) is 1.79. The predicted molar refractivity (Wildman–Crippen MR) is 97.7 cm³/mol. The number of hydrogen-bond donors (Lipinski definition) is 3. The van der Waals surface area contributed by atoms with Crippen LogP contribution in [-0.4, -0.2) is 22.7 Å². The zero-order chi connectivity index (χ0) is 19.8. The highest BCUT2D eigenvalue weighted by Gasteiger charge is 2.37. The van der Waals surface area contributed by atoms with E-state index in [4.69, 9.17) is 20.9 Å². The second kappa shape index (κ2) is 6.68. The third-order valence-electron chi connectivity index (χ3n) is 4.28. The number of nitrogens with zero attached hydrogens (tertiary/aromatic N) is 2. The highest BCUT2D eigenvalue weighted by molar-refractivity contribution is 5.75. The van der Waals surface area contributed by atoms with Crippen LogP contribution >= 0.6 is 0 Å². The van der Waals surface area contributed by atoms with E-state index in [2.05, 4.69) is 16.3 Å². The highest BCUT2D eigenvalue weighted by Crippen LogP contribution is 2.45. The molecule has 0 radical (unpaired) electrons. The van der Waals surface area contributed by atoms with Crippen molar-refractivity contribution >= 4 is 5.91 Å². The second-order valence-electron chi connectivity index (χ2n) is 7.32. The molecule has 0 aliphatic carbocycles. The van der Waals surface area contributed by atoms with Gasteiger partial charge in [-0.05, 0) is 17.7 Å². The number of benzene rings is 1. The summed E-state index contributed by atoms with van der Waals surface area (Å²) in [6.45, 7) is 5.94. The standard InChI is InChI=1S/C19H21N5O3/c1-19(2,3)16-15-14(12(8-20)17(22)27-18(15)24-23-16)10-4-6-11(7-5-10)26-9-13(21)25/h4-7,14H,9,22H2,1-3H3,(H2,21,25)(H,23,24). The topological polar surface area (TPSA) is 140 Å². The van der Waals surface area contributed by atoms with E-state index in [1.54, 1.807) is 12.1 Å². The summed E-state index contributed by atoms with van der Waals surface area (Å²) >= 11 is 0. The van der Waals surface area contributed by atoms with Gasteiger partial charge >= 0.3 is 0 Å². The number of ether oxygens (including phenoxy) is 2. The summed E-state index contributed by atoms with van der Waals surface area (Å²) in [6, 6.07) is 9.24. The van der Waals surface area contributed by atoms with Gasteiger partial charge in [0.05, 0.1) is 11.5 Å². The van der Waals surface area contributed by atoms with Gasteiger partial charge in [0.1, 0.15) is 17.4 Å². The molecule has 8 heteroatoms. The largest absolute Gasteiger partial charge is 0.484 e. The number of carbonyl (C=O) groups excluding carboxylic acids is 1. The average Bonchev–Trinajstić information content (AvgIpc) is 3.02. The molecule has 0 fully saturated rings. The zero-order valence-electron chi connectivity index (χ0n) is 15.4. The summed E-state index contributed by atoms with van der Waals surface area (Å²) in [7, 11) is 0. The van der Waals surface area contributed by atoms with Crippen LogP contribution in [0.25, 0.3) is 0 Å². The molecule has 1 atom stereocenters. The summed E-state index contributed by atoms with van der Waals surface area (Å²) in [5, 5.41) is 16.9. The van der Waals surface area contributed by atoms with Crippen molar-refractivity contribution in [3.63, 3.8) is 0 Å². The molecule has 1 amide bonds. The molecular weight excluding hydrogens is 346 g/mol. The van der Waals surface area contributed by atoms with Gasteiger partial charge in [0, 0.05) is 11.1 Å². The van der Waals surface area contributed by atoms with Crippen molar-refractivity contribution in [1.29, 1.82) is 5.26 Å². The first-order valence-electron chi connectivity index (χ1n) is 8.39. The minimum absolute atomic E-state index is 0.0380. The maximum absolute atomic E-state index is 10.9. The monoisotopic (exact) mass is 367 g/mol. The Balaban J connectivity index is 2.07. The van der Waals surface area contributed by atoms with Crippen molar-refractivity contribution in [2.45, 2.75) is 32.1 Å². The van der Waals surface area contributed by atoms with E-state index < -0.39 is 11.8 Å². The van der Waals surface area contributed by atoms with E-state index >= 15 is 0 Å². The van der Waals surface area contributed by atoms with Gasteiger partial charge in [-0.2, -0.15) is 5.26 Å². The number of nitrogens with two attached hydrogens (primary N) is 2. The van der Waals surface area contributed by atoms with E-state index in [1.165, 1.54) is 0 Å². The fourth-order valence-corrected chi connectivity index (χ4v) is 3.06. The van der Waals surface area contributed by atoms with Crippen molar-refractivity contribution in [2.75, 3.05) is 6.61 Å². The van der Waals surface area contributed by atoms with Crippen LogP contribution in [0.2, 0.25) is 0 Å². The molecule has 1 unspecified atom stereocenters. The van der Waals surface area contributed by atoms with E-state index in [0.29, 0.717) is 17.2 Å². The molecule has 0 saturated heterocycles. The number of hydrogen-bond acceptors (Lipinski definition) is 6. The molecular formula is C19H21N5O3. The van der Waals surface area contributed by atoms with E-state index in [1.807, 2.05) is 32.9 Å². The molecule has 1 aromatic carbocycles. The molecule has 3 rings (SSSR count). The SMILES string of the molecule is CC(C)(C)c1[nH]nc2c1C(c1ccc(OCC(N)=O)cc1)C(C#N)=C(N)O2. The minimum atomic E-state index is -0.552. The van der Waals surface area contributed by atoms with Crippen molar-refractivity contribution < 1.29 is 14.3 Å². The maximum atomic E-state index is 10.9. The lowest BCUT2D eigenvalue weighted by Crippen LogP contribution is -2.24. The van der Waals surface area contributed by atoms with Crippen LogP contribution < -0.4 is 20.9 Å². The van der Waals surface area contributed by atoms with Crippen molar-refractivity contribution in [3.8, 4) is 17.7 Å². The number of amides is 1. The maximum Gasteiger partial charge on any atom is 0.255 e. The Bertz CT molecular complexity index is 945. The lowest BCUT2D eigenvalue weighted by Gasteiger charge is -2.27. The Morgan fingerprint density at radius 2 is 2.04 bits per heavy atom. The molecule has 0 spiro atoms. The first kappa shape index (κ1) is 18.3. The number of nitriles is 1. The second-order valence-corrected chi connectivity index (χ2v) is 7.32. The number of aromatic nitrogens is 2. The van der Waals surface area contributed by atoms with E-state index in [9.17, 15) is 10.1 Å². The van der Waals surface area contributed by atoms with Crippen LogP contribution in [0.15, 0.2) is 35.7 Å². The van der Waals surface area contributed by atoms with Crippen molar-refractivity contribution in [1.82, 2.24) is 10.2 Å². The molecule has 0 bridgehead atoms. The molecule has 140 valence electrons. The van der Waals surface area contributed by atoms with Crippen molar-refractivity contribution in [3.05, 3.63) is 52.5 Å². The van der Waals surface area contributed by atoms with Gasteiger partial charge in [-0.25, -0.2) is 0 Å². The summed E-state index contributed by atoms with van der Waals surface area (Å²) in [5.74, 6) is -0.0595. The summed E-state index contributed by atoms with van der Waals surface area (Å²) < 4.78 is 10.9. The van der Waals surface area contributed by atoms with Crippen LogP contribution in [0.3, 0.4) is 0 Å². The summed E-state index contributed by atoms with van der Waals surface area (Å²) in [6.07, 6.45) is 0. The Kier molecular flexibility index (Phi) is 4.54. The number of H-pyrrole nitrogens is 1. The van der Waals surface area contributed by atoms with Gasteiger partial charge in [0.25, 0.3) is 5.91 Å². The number of allylic oxidation sites excluding steroid dienone is 1. The molecule has 1 aromatic heterocycles. The molecule has 8 nitrogen and oxygen atoms in total. The first-order valence-corrected chi connectivity index (χ1v) is 8.39. The van der Waals surface area contributed by atoms with Crippen LogP contribution in [0.4, 0.5) is 0 Å². The lowest BCUT2D eigenvalue weighted by atomic mass is 9.79. The fourth-order valence-electron chi connectivity index (χ4n) is 3.06. The average molecular weight is 367 g/mol. The molecule has 2 heterocycles. The minimum Gasteiger partial charge on any atom is -0.484 e. The summed E-state index contributed by atoms with van der Waals surface area (Å²) in [4.78, 5) is 10.9. The van der Waals surface area contributed by atoms with Gasteiger partial charge in [-0.15, -0.1) is 5.10 Å². The molecule has 0 saturated carbocycles. The molecule has 5 N–H and O–H groups in total. The number of nitrogens with one attached hydrogen (secondary N) is 1. The first-order chi connectivity index (χ1) is 12.7. The van der Waals surface area contributed by atoms with Gasteiger partial charge in [0.15, 0.2) is 6.61 Å². The molecule has 27 heavy (non-hydrogen) atoms. The number of primary amides is 1. The van der Waals surface area contributed by atoms with E-state index in [-0.39, 0.29) is 17.9 Å². The third-order valence-corrected chi connectivity index (χ3v) is 4.28. The van der Waals surface area contributed by atoms with Gasteiger partial charge < -0.3 is 20.9 Å². The molecule has 2 aromatic rings. The Morgan fingerprint density at radius 3 is 2.59 bits per heavy atom. The Morgan fingerprint density at radius 1 is 1.37 bits per heavy atom. The summed E-state index contributed by atoms with van der Waals surface area (Å²) in [5.41, 5.74) is 13.6. The molecule has 1 aliphatic rings. The number of carbonyl (C=O) groups is 1. The van der Waals surface area contributed by atoms with Crippen LogP contribution in [0, 0.1) is 11.3 Å². The normalized spacial score (nSPS) is 16.3. The van der Waals surface area contributed by atoms with Crippen molar-refractivity contribution in [2.24, 2.45) is 11.5 Å². The number of fused-ring (bicyclic) bond motifs is 1. The third kappa shape index (κ3) is 3.44. The molecule has 1 aliphatic heterocycles. The quantitative estimate of drug-likeness (QED) is 0.752. The smallest absolute Gasteiger partial charge is 0.255 e. The van der Waals surface area contributed by atoms with E-state index in [0.717, 1.165) is 16.8 Å². The zero-order valence-corrected chi connectivity index (χ0v) is 15.4. The van der Waals surface area contributed by atoms with Gasteiger partial charge in [-0.3, -0.25) is 9.89 Å². The highest BCUT2D eigenvalue weighted by atomic mass is 16.5. The number of aromatic amines is 1. The Labute approximate surface area is 156 Å².